The Balaban J connectivity index is 1.23. The number of fused-ring (bicyclic) bond motifs is 2. The molecule has 2 atom stereocenters. The zero-order valence-electron chi connectivity index (χ0n) is 14.6. The molecule has 3 fully saturated rings. The van der Waals surface area contributed by atoms with Crippen LogP contribution in [0.15, 0.2) is 30.3 Å². The summed E-state index contributed by atoms with van der Waals surface area (Å²) < 4.78 is 0. The molecule has 3 aliphatic rings. The highest BCUT2D eigenvalue weighted by molar-refractivity contribution is 5.76. The molecule has 24 heavy (non-hydrogen) atoms. The van der Waals surface area contributed by atoms with Crippen molar-refractivity contribution in [1.82, 2.24) is 10.2 Å². The molecule has 1 aromatic rings. The first-order valence-corrected chi connectivity index (χ1v) is 9.84. The molecule has 0 aromatic heterocycles. The number of rotatable bonds is 4. The molecule has 1 aromatic carbocycles. The van der Waals surface area contributed by atoms with Gasteiger partial charge in [-0.15, -0.1) is 0 Å². The highest BCUT2D eigenvalue weighted by Crippen LogP contribution is 2.33. The molecule has 3 aliphatic heterocycles. The van der Waals surface area contributed by atoms with Crippen LogP contribution >= 0.6 is 0 Å². The van der Waals surface area contributed by atoms with Gasteiger partial charge in [-0.2, -0.15) is 0 Å². The SMILES string of the molecule is O=C(CC1CC2CCC(C1)N2)N1CCC(Cc2ccccc2)CC1. The van der Waals surface area contributed by atoms with Gasteiger partial charge in [0.1, 0.15) is 0 Å². The van der Waals surface area contributed by atoms with E-state index in [0.29, 0.717) is 23.9 Å². The van der Waals surface area contributed by atoms with E-state index < -0.39 is 0 Å². The van der Waals surface area contributed by atoms with E-state index in [0.717, 1.165) is 38.3 Å². The van der Waals surface area contributed by atoms with Crippen molar-refractivity contribution < 1.29 is 4.79 Å². The monoisotopic (exact) mass is 326 g/mol. The third-order valence-corrected chi connectivity index (χ3v) is 6.37. The molecule has 3 heteroatoms. The van der Waals surface area contributed by atoms with E-state index in [-0.39, 0.29) is 0 Å². The Morgan fingerprint density at radius 3 is 2.29 bits per heavy atom. The van der Waals surface area contributed by atoms with E-state index >= 15 is 0 Å². The van der Waals surface area contributed by atoms with Gasteiger partial charge in [0.05, 0.1) is 0 Å². The Morgan fingerprint density at radius 2 is 1.62 bits per heavy atom. The first kappa shape index (κ1) is 16.1. The lowest BCUT2D eigenvalue weighted by Crippen LogP contribution is -2.42. The summed E-state index contributed by atoms with van der Waals surface area (Å²) in [4.78, 5) is 14.8. The van der Waals surface area contributed by atoms with Gasteiger partial charge >= 0.3 is 0 Å². The highest BCUT2D eigenvalue weighted by Gasteiger charge is 2.35. The molecule has 2 unspecified atom stereocenters. The molecule has 3 nitrogen and oxygen atoms in total. The van der Waals surface area contributed by atoms with Crippen LogP contribution in [0.3, 0.4) is 0 Å². The van der Waals surface area contributed by atoms with Gasteiger partial charge in [0.15, 0.2) is 0 Å². The summed E-state index contributed by atoms with van der Waals surface area (Å²) >= 11 is 0. The number of likely N-dealkylation sites (tertiary alicyclic amines) is 1. The summed E-state index contributed by atoms with van der Waals surface area (Å²) in [6.07, 6.45) is 9.36. The van der Waals surface area contributed by atoms with Crippen LogP contribution in [0.4, 0.5) is 0 Å². The van der Waals surface area contributed by atoms with Gasteiger partial charge < -0.3 is 10.2 Å². The maximum atomic E-state index is 12.7. The van der Waals surface area contributed by atoms with Crippen molar-refractivity contribution in [2.24, 2.45) is 11.8 Å². The van der Waals surface area contributed by atoms with Crippen LogP contribution < -0.4 is 5.32 Å². The molecule has 3 heterocycles. The highest BCUT2D eigenvalue weighted by atomic mass is 16.2. The van der Waals surface area contributed by atoms with Crippen LogP contribution in [0, 0.1) is 11.8 Å². The van der Waals surface area contributed by atoms with Crippen molar-refractivity contribution in [2.45, 2.75) is 63.5 Å². The molecule has 0 radical (unpaired) electrons. The third kappa shape index (κ3) is 3.83. The van der Waals surface area contributed by atoms with Gasteiger partial charge in [0, 0.05) is 31.6 Å². The van der Waals surface area contributed by atoms with E-state index in [1.165, 1.54) is 37.7 Å². The molecular weight excluding hydrogens is 296 g/mol. The Kier molecular flexibility index (Phi) is 4.88. The average molecular weight is 326 g/mol. The van der Waals surface area contributed by atoms with Gasteiger partial charge in [-0.1, -0.05) is 30.3 Å². The Labute approximate surface area is 145 Å². The number of carbonyl (C=O) groups excluding carboxylic acids is 1. The van der Waals surface area contributed by atoms with Crippen molar-refractivity contribution in [3.8, 4) is 0 Å². The number of benzene rings is 1. The fourth-order valence-electron chi connectivity index (χ4n) is 5.05. The van der Waals surface area contributed by atoms with Gasteiger partial charge in [0.2, 0.25) is 5.91 Å². The standard InChI is InChI=1S/C21H30N2O/c24-21(15-18-13-19-6-7-20(14-18)22-19)23-10-8-17(9-11-23)12-16-4-2-1-3-5-16/h1-5,17-20,22H,6-15H2. The second-order valence-electron chi connectivity index (χ2n) is 8.19. The molecule has 4 rings (SSSR count). The van der Waals surface area contributed by atoms with Crippen molar-refractivity contribution >= 4 is 5.91 Å². The molecule has 0 spiro atoms. The fourth-order valence-corrected chi connectivity index (χ4v) is 5.05. The number of piperidine rings is 2. The summed E-state index contributed by atoms with van der Waals surface area (Å²) in [7, 11) is 0. The Bertz CT molecular complexity index is 538. The predicted octanol–water partition coefficient (Wildman–Crippen LogP) is 3.39. The molecule has 0 saturated carbocycles. The van der Waals surface area contributed by atoms with Gasteiger partial charge in [-0.25, -0.2) is 0 Å². The number of carbonyl (C=O) groups is 1. The van der Waals surface area contributed by atoms with Crippen molar-refractivity contribution in [1.29, 1.82) is 0 Å². The topological polar surface area (TPSA) is 32.3 Å². The fraction of sp³-hybridized carbons (Fsp3) is 0.667. The summed E-state index contributed by atoms with van der Waals surface area (Å²) in [5.74, 6) is 1.78. The molecule has 2 bridgehead atoms. The van der Waals surface area contributed by atoms with Crippen molar-refractivity contribution in [2.75, 3.05) is 13.1 Å². The quantitative estimate of drug-likeness (QED) is 0.920. The van der Waals surface area contributed by atoms with Crippen LogP contribution in [-0.2, 0) is 11.2 Å². The normalized spacial score (nSPS) is 30.5. The average Bonchev–Trinajstić information content (AvgIpc) is 2.95. The van der Waals surface area contributed by atoms with Crippen LogP contribution in [0.1, 0.15) is 50.5 Å². The first-order valence-electron chi connectivity index (χ1n) is 9.84. The second-order valence-corrected chi connectivity index (χ2v) is 8.19. The van der Waals surface area contributed by atoms with Gasteiger partial charge in [0.25, 0.3) is 0 Å². The van der Waals surface area contributed by atoms with E-state index in [2.05, 4.69) is 40.5 Å². The number of hydrogen-bond acceptors (Lipinski definition) is 2. The van der Waals surface area contributed by atoms with Crippen molar-refractivity contribution in [3.63, 3.8) is 0 Å². The smallest absolute Gasteiger partial charge is 0.222 e. The van der Waals surface area contributed by atoms with Gasteiger partial charge in [-0.05, 0) is 62.3 Å². The summed E-state index contributed by atoms with van der Waals surface area (Å²) in [5, 5.41) is 3.68. The summed E-state index contributed by atoms with van der Waals surface area (Å²) in [5.41, 5.74) is 1.44. The molecule has 0 aliphatic carbocycles. The maximum Gasteiger partial charge on any atom is 0.222 e. The number of nitrogens with zero attached hydrogens (tertiary/aromatic N) is 1. The number of amides is 1. The van der Waals surface area contributed by atoms with E-state index in [9.17, 15) is 4.79 Å². The second kappa shape index (κ2) is 7.26. The lowest BCUT2D eigenvalue weighted by atomic mass is 9.87. The predicted molar refractivity (Wildman–Crippen MR) is 96.7 cm³/mol. The summed E-state index contributed by atoms with van der Waals surface area (Å²) in [6, 6.07) is 12.2. The third-order valence-electron chi connectivity index (χ3n) is 6.37. The maximum absolute atomic E-state index is 12.7. The molecule has 1 N–H and O–H groups in total. The lowest BCUT2D eigenvalue weighted by molar-refractivity contribution is -0.133. The zero-order valence-corrected chi connectivity index (χ0v) is 14.6. The van der Waals surface area contributed by atoms with Crippen LogP contribution in [0.2, 0.25) is 0 Å². The van der Waals surface area contributed by atoms with Crippen LogP contribution in [0.25, 0.3) is 0 Å². The first-order chi connectivity index (χ1) is 11.8. The van der Waals surface area contributed by atoms with Crippen LogP contribution in [-0.4, -0.2) is 36.0 Å². The number of nitrogens with one attached hydrogen (secondary N) is 1. The Morgan fingerprint density at radius 1 is 0.958 bits per heavy atom. The van der Waals surface area contributed by atoms with E-state index in [1.54, 1.807) is 0 Å². The minimum atomic E-state index is 0.416. The lowest BCUT2D eigenvalue weighted by Gasteiger charge is -2.34. The molecule has 130 valence electrons. The minimum absolute atomic E-state index is 0.416. The van der Waals surface area contributed by atoms with E-state index in [4.69, 9.17) is 0 Å². The Hall–Kier alpha value is -1.35. The van der Waals surface area contributed by atoms with Crippen LogP contribution in [0.5, 0.6) is 0 Å². The number of hydrogen-bond donors (Lipinski definition) is 1. The van der Waals surface area contributed by atoms with E-state index in [1.807, 2.05) is 0 Å². The summed E-state index contributed by atoms with van der Waals surface area (Å²) in [6.45, 7) is 1.93. The van der Waals surface area contributed by atoms with Gasteiger partial charge in [-0.3, -0.25) is 4.79 Å². The minimum Gasteiger partial charge on any atom is -0.343 e. The zero-order chi connectivity index (χ0) is 16.4. The molecule has 3 saturated heterocycles. The largest absolute Gasteiger partial charge is 0.343 e. The molecular formula is C21H30N2O. The van der Waals surface area contributed by atoms with Crippen molar-refractivity contribution in [3.05, 3.63) is 35.9 Å². The molecule has 1 amide bonds.